The van der Waals surface area contributed by atoms with Gasteiger partial charge in [-0.15, -0.1) is 0 Å². The number of likely N-dealkylation sites (tertiary alicyclic amines) is 2. The Morgan fingerprint density at radius 2 is 1.73 bits per heavy atom. The highest BCUT2D eigenvalue weighted by Gasteiger charge is 2.42. The summed E-state index contributed by atoms with van der Waals surface area (Å²) in [6, 6.07) is 8.25. The molecule has 2 unspecified atom stereocenters. The standard InChI is InChI=1S/C36H42ClF3N8O4/c1-44-12-14-45(15-13-44)22-6-9-46(10-7-22)33(49)25(16-21-17-26(36(38,39)40)31(41)27(37)18-21)29-19-23(8-11-47(29)35(51)52)48-30-20-42-28-5-3-2-4-24(28)32(30)43-34(48)50/h2-5,17-18,20,22-23,25,29H,6-16,19,41H2,1H3,(H,43,50)(H,51,52)/p-1/t23?,25?,29-/m0/s1. The molecule has 0 bridgehead atoms. The number of benzene rings is 2. The zero-order valence-electron chi connectivity index (χ0n) is 28.7. The zero-order valence-corrected chi connectivity index (χ0v) is 29.5. The van der Waals surface area contributed by atoms with Gasteiger partial charge in [0, 0.05) is 69.3 Å². The number of anilines is 1. The van der Waals surface area contributed by atoms with E-state index in [9.17, 15) is 32.7 Å². The van der Waals surface area contributed by atoms with E-state index >= 15 is 0 Å². The number of aromatic amines is 1. The summed E-state index contributed by atoms with van der Waals surface area (Å²) in [5.74, 6) is -1.48. The fourth-order valence-corrected chi connectivity index (χ4v) is 8.69. The van der Waals surface area contributed by atoms with Crippen LogP contribution in [-0.2, 0) is 17.4 Å². The molecule has 0 spiro atoms. The van der Waals surface area contributed by atoms with Gasteiger partial charge in [0.1, 0.15) is 6.09 Å². The predicted molar refractivity (Wildman–Crippen MR) is 189 cm³/mol. The number of pyridine rings is 1. The van der Waals surface area contributed by atoms with Gasteiger partial charge in [0.05, 0.1) is 44.9 Å². The van der Waals surface area contributed by atoms with Gasteiger partial charge in [0.2, 0.25) is 5.91 Å². The van der Waals surface area contributed by atoms with Gasteiger partial charge in [-0.25, -0.2) is 4.79 Å². The average Bonchev–Trinajstić information content (AvgIpc) is 3.47. The van der Waals surface area contributed by atoms with Crippen molar-refractivity contribution in [1.29, 1.82) is 0 Å². The number of H-pyrrole nitrogens is 1. The van der Waals surface area contributed by atoms with E-state index in [0.29, 0.717) is 35.7 Å². The third-order valence-electron chi connectivity index (χ3n) is 11.2. The lowest BCUT2D eigenvalue weighted by Gasteiger charge is -2.47. The summed E-state index contributed by atoms with van der Waals surface area (Å²) in [5, 5.41) is 13.1. The number of fused-ring (bicyclic) bond motifs is 3. The molecule has 16 heteroatoms. The fraction of sp³-hybridized carbons (Fsp3) is 0.500. The lowest BCUT2D eigenvalue weighted by Crippen LogP contribution is -2.59. The SMILES string of the molecule is CN1CCN(C2CCN(C(=O)C(Cc3cc(Cl)c(N)c(C(F)(F)F)c3)[C@@H]3CC(n4c(=O)[nH]c5c6ccccc6ncc54)CCN3C(=O)[O-])CC2)CC1. The van der Waals surface area contributed by atoms with Gasteiger partial charge < -0.3 is 35.3 Å². The smallest absolute Gasteiger partial charge is 0.418 e. The molecular weight excluding hydrogens is 701 g/mol. The number of nitrogens with zero attached hydrogens (tertiary/aromatic N) is 6. The quantitative estimate of drug-likeness (QED) is 0.286. The Morgan fingerprint density at radius 1 is 1.04 bits per heavy atom. The average molecular weight is 742 g/mol. The number of nitrogens with two attached hydrogens (primary N) is 1. The molecule has 278 valence electrons. The number of piperidine rings is 2. The number of carbonyl (C=O) groups is 2. The molecule has 0 aliphatic carbocycles. The number of aromatic nitrogens is 3. The van der Waals surface area contributed by atoms with Crippen LogP contribution in [0.3, 0.4) is 0 Å². The normalized spacial score (nSPS) is 21.9. The number of alkyl halides is 3. The lowest BCUT2D eigenvalue weighted by atomic mass is 9.82. The predicted octanol–water partition coefficient (Wildman–Crippen LogP) is 3.58. The molecule has 3 saturated heterocycles. The number of likely N-dealkylation sites (N-methyl/N-ethyl adjacent to an activating group) is 1. The zero-order chi connectivity index (χ0) is 36.9. The molecular formula is C36H41ClF3N8O4-. The summed E-state index contributed by atoms with van der Waals surface area (Å²) in [7, 11) is 2.09. The molecule has 2 amide bonds. The van der Waals surface area contributed by atoms with Crippen LogP contribution in [-0.4, -0.2) is 111 Å². The third kappa shape index (κ3) is 6.93. The highest BCUT2D eigenvalue weighted by Crippen LogP contribution is 2.40. The Balaban J connectivity index is 1.24. The van der Waals surface area contributed by atoms with E-state index in [1.807, 2.05) is 24.3 Å². The van der Waals surface area contributed by atoms with Gasteiger partial charge in [-0.05, 0) is 62.9 Å². The van der Waals surface area contributed by atoms with E-state index in [1.165, 1.54) is 6.07 Å². The molecule has 2 aromatic heterocycles. The van der Waals surface area contributed by atoms with Crippen molar-refractivity contribution in [3.63, 3.8) is 0 Å². The van der Waals surface area contributed by atoms with Gasteiger partial charge >= 0.3 is 11.9 Å². The lowest BCUT2D eigenvalue weighted by molar-refractivity contribution is -0.270. The number of halogens is 4. The molecule has 3 atom stereocenters. The molecule has 7 rings (SSSR count). The number of hydrogen-bond acceptors (Lipinski definition) is 8. The highest BCUT2D eigenvalue weighted by molar-refractivity contribution is 6.33. The van der Waals surface area contributed by atoms with Crippen LogP contribution < -0.4 is 16.5 Å². The Bertz CT molecular complexity index is 2040. The Hall–Kier alpha value is -4.34. The second kappa shape index (κ2) is 14.2. The number of amides is 2. The van der Waals surface area contributed by atoms with Crippen LogP contribution in [0.5, 0.6) is 0 Å². The van der Waals surface area contributed by atoms with E-state index in [0.717, 1.165) is 55.4 Å². The maximum atomic E-state index is 14.6. The molecule has 12 nitrogen and oxygen atoms in total. The molecule has 3 aliphatic heterocycles. The maximum Gasteiger partial charge on any atom is 0.418 e. The van der Waals surface area contributed by atoms with Crippen molar-refractivity contribution in [2.75, 3.05) is 58.6 Å². The minimum Gasteiger partial charge on any atom is -0.530 e. The van der Waals surface area contributed by atoms with Crippen LogP contribution in [0, 0.1) is 5.92 Å². The van der Waals surface area contributed by atoms with Crippen molar-refractivity contribution in [3.8, 4) is 0 Å². The van der Waals surface area contributed by atoms with Crippen molar-refractivity contribution in [2.45, 2.75) is 56.4 Å². The van der Waals surface area contributed by atoms with Crippen molar-refractivity contribution < 1.29 is 27.9 Å². The first-order valence-corrected chi connectivity index (χ1v) is 18.0. The summed E-state index contributed by atoms with van der Waals surface area (Å²) in [6.45, 7) is 4.57. The van der Waals surface area contributed by atoms with E-state index in [4.69, 9.17) is 17.3 Å². The molecule has 3 fully saturated rings. The van der Waals surface area contributed by atoms with Crippen LogP contribution >= 0.6 is 11.6 Å². The van der Waals surface area contributed by atoms with Gasteiger partial charge in [-0.2, -0.15) is 13.2 Å². The topological polar surface area (TPSA) is 147 Å². The number of carboxylic acid groups (broad SMARTS) is 1. The van der Waals surface area contributed by atoms with E-state index in [2.05, 4.69) is 26.8 Å². The molecule has 4 aromatic rings. The number of piperazine rings is 1. The molecule has 3 N–H and O–H groups in total. The number of nitrogen functional groups attached to an aromatic ring is 1. The number of imidazole rings is 1. The first-order valence-electron chi connectivity index (χ1n) is 17.6. The summed E-state index contributed by atoms with van der Waals surface area (Å²) in [6.07, 6.45) is -3.23. The number of para-hydroxylation sites is 1. The summed E-state index contributed by atoms with van der Waals surface area (Å²) in [5.41, 5.74) is 5.47. The Morgan fingerprint density at radius 3 is 2.42 bits per heavy atom. The maximum absolute atomic E-state index is 14.6. The van der Waals surface area contributed by atoms with Crippen LogP contribution in [0.4, 0.5) is 23.7 Å². The van der Waals surface area contributed by atoms with Gasteiger partial charge in [0.25, 0.3) is 0 Å². The Kier molecular flexibility index (Phi) is 9.87. The summed E-state index contributed by atoms with van der Waals surface area (Å²) < 4.78 is 43.7. The Labute approximate surface area is 302 Å². The number of nitrogens with one attached hydrogen (secondary N) is 1. The molecule has 0 radical (unpaired) electrons. The van der Waals surface area contributed by atoms with Crippen LogP contribution in [0.25, 0.3) is 21.9 Å². The van der Waals surface area contributed by atoms with Crippen molar-refractivity contribution >= 4 is 51.2 Å². The molecule has 0 saturated carbocycles. The minimum atomic E-state index is -4.81. The molecule has 5 heterocycles. The molecule has 2 aromatic carbocycles. The summed E-state index contributed by atoms with van der Waals surface area (Å²) >= 11 is 6.22. The first-order chi connectivity index (χ1) is 24.8. The number of hydrogen-bond donors (Lipinski definition) is 2. The number of carbonyl (C=O) groups excluding carboxylic acids is 2. The van der Waals surface area contributed by atoms with Crippen LogP contribution in [0.15, 0.2) is 47.4 Å². The van der Waals surface area contributed by atoms with Gasteiger partial charge in [-0.1, -0.05) is 29.8 Å². The van der Waals surface area contributed by atoms with E-state index in [-0.39, 0.29) is 42.3 Å². The first kappa shape index (κ1) is 36.0. The van der Waals surface area contributed by atoms with Crippen LogP contribution in [0.2, 0.25) is 5.02 Å². The second-order valence-electron chi connectivity index (χ2n) is 14.3. The van der Waals surface area contributed by atoms with Crippen LogP contribution in [0.1, 0.15) is 42.9 Å². The minimum absolute atomic E-state index is 0.0384. The van der Waals surface area contributed by atoms with Crippen molar-refractivity contribution in [2.24, 2.45) is 5.92 Å². The van der Waals surface area contributed by atoms with E-state index in [1.54, 1.807) is 15.7 Å². The summed E-state index contributed by atoms with van der Waals surface area (Å²) in [4.78, 5) is 55.8. The highest BCUT2D eigenvalue weighted by atomic mass is 35.5. The van der Waals surface area contributed by atoms with Crippen molar-refractivity contribution in [3.05, 3.63) is 69.2 Å². The van der Waals surface area contributed by atoms with Gasteiger partial charge in [-0.3, -0.25) is 19.2 Å². The second-order valence-corrected chi connectivity index (χ2v) is 14.7. The van der Waals surface area contributed by atoms with Gasteiger partial charge in [0.15, 0.2) is 0 Å². The van der Waals surface area contributed by atoms with Crippen molar-refractivity contribution in [1.82, 2.24) is 34.1 Å². The monoisotopic (exact) mass is 741 g/mol. The molecule has 52 heavy (non-hydrogen) atoms. The largest absolute Gasteiger partial charge is 0.530 e. The molecule has 3 aliphatic rings. The third-order valence-corrected chi connectivity index (χ3v) is 11.6. The fourth-order valence-electron chi connectivity index (χ4n) is 8.45. The number of rotatable bonds is 6. The van der Waals surface area contributed by atoms with E-state index < -0.39 is 47.2 Å².